The number of ether oxygens (including phenoxy) is 3. The SMILES string of the molecule is C=CC(=O)OCCNC(=O)C(C)(C)OC(C)COC(=O)CC. The molecule has 7 heteroatoms. The second-order valence-corrected chi connectivity index (χ2v) is 5.10. The molecule has 22 heavy (non-hydrogen) atoms. The molecule has 126 valence electrons. The summed E-state index contributed by atoms with van der Waals surface area (Å²) < 4.78 is 15.3. The van der Waals surface area contributed by atoms with E-state index in [-0.39, 0.29) is 31.6 Å². The zero-order valence-corrected chi connectivity index (χ0v) is 13.6. The molecule has 0 heterocycles. The molecule has 1 atom stereocenters. The van der Waals surface area contributed by atoms with Crippen molar-refractivity contribution < 1.29 is 28.6 Å². The Morgan fingerprint density at radius 3 is 2.45 bits per heavy atom. The maximum Gasteiger partial charge on any atom is 0.330 e. The Balaban J connectivity index is 4.13. The fourth-order valence-electron chi connectivity index (χ4n) is 1.49. The van der Waals surface area contributed by atoms with Crippen LogP contribution in [0, 0.1) is 0 Å². The maximum atomic E-state index is 12.0. The molecule has 0 aromatic rings. The van der Waals surface area contributed by atoms with Gasteiger partial charge in [0.2, 0.25) is 0 Å². The Bertz CT molecular complexity index is 405. The molecule has 1 N–H and O–H groups in total. The van der Waals surface area contributed by atoms with Crippen LogP contribution in [0.2, 0.25) is 0 Å². The predicted molar refractivity (Wildman–Crippen MR) is 80.0 cm³/mol. The normalized spacial score (nSPS) is 12.2. The molecule has 0 rings (SSSR count). The molecule has 0 aliphatic rings. The van der Waals surface area contributed by atoms with Crippen molar-refractivity contribution in [2.75, 3.05) is 19.8 Å². The Morgan fingerprint density at radius 2 is 1.91 bits per heavy atom. The fourth-order valence-corrected chi connectivity index (χ4v) is 1.49. The molecule has 0 saturated carbocycles. The minimum absolute atomic E-state index is 0.0519. The summed E-state index contributed by atoms with van der Waals surface area (Å²) in [5.74, 6) is -1.21. The quantitative estimate of drug-likeness (QED) is 0.367. The lowest BCUT2D eigenvalue weighted by Crippen LogP contribution is -2.47. The Labute approximate surface area is 131 Å². The average molecular weight is 315 g/mol. The summed E-state index contributed by atoms with van der Waals surface area (Å²) >= 11 is 0. The van der Waals surface area contributed by atoms with Crippen molar-refractivity contribution in [1.29, 1.82) is 0 Å². The van der Waals surface area contributed by atoms with Crippen LogP contribution in [0.25, 0.3) is 0 Å². The van der Waals surface area contributed by atoms with E-state index < -0.39 is 17.7 Å². The summed E-state index contributed by atoms with van der Waals surface area (Å²) in [5.41, 5.74) is -1.10. The third-order valence-corrected chi connectivity index (χ3v) is 2.61. The highest BCUT2D eigenvalue weighted by Crippen LogP contribution is 2.13. The fraction of sp³-hybridized carbons (Fsp3) is 0.667. The lowest BCUT2D eigenvalue weighted by molar-refractivity contribution is -0.160. The van der Waals surface area contributed by atoms with Gasteiger partial charge in [-0.25, -0.2) is 4.79 Å². The highest BCUT2D eigenvalue weighted by Gasteiger charge is 2.30. The zero-order chi connectivity index (χ0) is 17.2. The number of esters is 2. The van der Waals surface area contributed by atoms with Crippen LogP contribution in [0.3, 0.4) is 0 Å². The second kappa shape index (κ2) is 9.94. The first-order chi connectivity index (χ1) is 10.2. The van der Waals surface area contributed by atoms with Crippen LogP contribution in [-0.2, 0) is 28.6 Å². The van der Waals surface area contributed by atoms with E-state index in [0.29, 0.717) is 6.42 Å². The third kappa shape index (κ3) is 8.41. The van der Waals surface area contributed by atoms with Gasteiger partial charge in [-0.15, -0.1) is 0 Å². The van der Waals surface area contributed by atoms with E-state index in [0.717, 1.165) is 6.08 Å². The van der Waals surface area contributed by atoms with Gasteiger partial charge in [-0.1, -0.05) is 13.5 Å². The first-order valence-corrected chi connectivity index (χ1v) is 7.13. The lowest BCUT2D eigenvalue weighted by atomic mass is 10.1. The van der Waals surface area contributed by atoms with Crippen molar-refractivity contribution in [3.05, 3.63) is 12.7 Å². The van der Waals surface area contributed by atoms with Crippen molar-refractivity contribution in [2.24, 2.45) is 0 Å². The van der Waals surface area contributed by atoms with Gasteiger partial charge in [0.25, 0.3) is 5.91 Å². The predicted octanol–water partition coefficient (Wildman–Crippen LogP) is 0.969. The van der Waals surface area contributed by atoms with Crippen LogP contribution in [0.5, 0.6) is 0 Å². The second-order valence-electron chi connectivity index (χ2n) is 5.10. The van der Waals surface area contributed by atoms with E-state index in [1.54, 1.807) is 27.7 Å². The highest BCUT2D eigenvalue weighted by molar-refractivity contribution is 5.84. The number of nitrogens with one attached hydrogen (secondary N) is 1. The van der Waals surface area contributed by atoms with E-state index in [1.165, 1.54) is 0 Å². The molecule has 1 unspecified atom stereocenters. The van der Waals surface area contributed by atoms with E-state index >= 15 is 0 Å². The summed E-state index contributed by atoms with van der Waals surface area (Å²) in [7, 11) is 0. The van der Waals surface area contributed by atoms with Gasteiger partial charge in [0.1, 0.15) is 18.8 Å². The lowest BCUT2D eigenvalue weighted by Gasteiger charge is -2.27. The van der Waals surface area contributed by atoms with Crippen LogP contribution >= 0.6 is 0 Å². The summed E-state index contributed by atoms with van der Waals surface area (Å²) in [6.45, 7) is 10.2. The van der Waals surface area contributed by atoms with E-state index in [4.69, 9.17) is 14.2 Å². The molecule has 1 amide bonds. The molecule has 0 fully saturated rings. The standard InChI is InChI=1S/C15H25NO6/c1-6-12(17)20-9-8-16-14(19)15(4,5)22-11(3)10-21-13(18)7-2/h6,11H,1,7-10H2,2-5H3,(H,16,19). The molecule has 0 saturated heterocycles. The van der Waals surface area contributed by atoms with Crippen molar-refractivity contribution in [2.45, 2.75) is 45.8 Å². The number of rotatable bonds is 10. The molecule has 7 nitrogen and oxygen atoms in total. The van der Waals surface area contributed by atoms with Crippen LogP contribution in [0.15, 0.2) is 12.7 Å². The average Bonchev–Trinajstić information content (AvgIpc) is 2.47. The number of carbonyl (C=O) groups is 3. The summed E-state index contributed by atoms with van der Waals surface area (Å²) in [5, 5.41) is 2.60. The Morgan fingerprint density at radius 1 is 1.27 bits per heavy atom. The first-order valence-electron chi connectivity index (χ1n) is 7.13. The molecule has 0 aromatic heterocycles. The van der Waals surface area contributed by atoms with Crippen molar-refractivity contribution >= 4 is 17.8 Å². The van der Waals surface area contributed by atoms with E-state index in [9.17, 15) is 14.4 Å². The molecule has 0 bridgehead atoms. The van der Waals surface area contributed by atoms with E-state index in [1.807, 2.05) is 0 Å². The number of hydrogen-bond donors (Lipinski definition) is 1. The smallest absolute Gasteiger partial charge is 0.330 e. The van der Waals surface area contributed by atoms with Crippen LogP contribution in [0.1, 0.15) is 34.1 Å². The third-order valence-electron chi connectivity index (χ3n) is 2.61. The minimum Gasteiger partial charge on any atom is -0.463 e. The minimum atomic E-state index is -1.10. The van der Waals surface area contributed by atoms with Crippen LogP contribution < -0.4 is 5.32 Å². The van der Waals surface area contributed by atoms with Gasteiger partial charge in [-0.2, -0.15) is 0 Å². The molecular weight excluding hydrogens is 290 g/mol. The first kappa shape index (κ1) is 20.1. The highest BCUT2D eigenvalue weighted by atomic mass is 16.6. The number of carbonyl (C=O) groups excluding carboxylic acids is 3. The Kier molecular flexibility index (Phi) is 9.09. The largest absolute Gasteiger partial charge is 0.463 e. The summed E-state index contributed by atoms with van der Waals surface area (Å²) in [4.78, 5) is 33.9. The number of hydrogen-bond acceptors (Lipinski definition) is 6. The van der Waals surface area contributed by atoms with Gasteiger partial charge in [0, 0.05) is 12.5 Å². The van der Waals surface area contributed by atoms with Crippen LogP contribution in [-0.4, -0.2) is 49.3 Å². The molecule has 0 radical (unpaired) electrons. The van der Waals surface area contributed by atoms with Gasteiger partial charge >= 0.3 is 11.9 Å². The van der Waals surface area contributed by atoms with Gasteiger partial charge in [0.05, 0.1) is 12.6 Å². The van der Waals surface area contributed by atoms with Crippen molar-refractivity contribution in [3.8, 4) is 0 Å². The van der Waals surface area contributed by atoms with Gasteiger partial charge < -0.3 is 19.5 Å². The summed E-state index contributed by atoms with van der Waals surface area (Å²) in [6, 6.07) is 0. The monoisotopic (exact) mass is 315 g/mol. The Hall–Kier alpha value is -1.89. The summed E-state index contributed by atoms with van der Waals surface area (Å²) in [6.07, 6.45) is 0.920. The number of amides is 1. The van der Waals surface area contributed by atoms with Crippen molar-refractivity contribution in [3.63, 3.8) is 0 Å². The van der Waals surface area contributed by atoms with Gasteiger partial charge in [0.15, 0.2) is 0 Å². The molecule has 0 aromatic carbocycles. The molecular formula is C15H25NO6. The topological polar surface area (TPSA) is 90.9 Å². The molecule has 0 spiro atoms. The van der Waals surface area contributed by atoms with Crippen molar-refractivity contribution in [1.82, 2.24) is 5.32 Å². The molecule has 0 aliphatic heterocycles. The van der Waals surface area contributed by atoms with Gasteiger partial charge in [-0.3, -0.25) is 9.59 Å². The van der Waals surface area contributed by atoms with E-state index in [2.05, 4.69) is 11.9 Å². The zero-order valence-electron chi connectivity index (χ0n) is 13.6. The molecule has 0 aliphatic carbocycles. The van der Waals surface area contributed by atoms with Crippen LogP contribution in [0.4, 0.5) is 0 Å². The van der Waals surface area contributed by atoms with Gasteiger partial charge in [-0.05, 0) is 20.8 Å². The maximum absolute atomic E-state index is 12.0.